The van der Waals surface area contributed by atoms with Crippen LogP contribution in [-0.4, -0.2) is 92.9 Å². The fraction of sp³-hybridized carbons (Fsp3) is 0.480. The number of nitrogens with one attached hydrogen (secondary N) is 4. The molecule has 40 heavy (non-hydrogen) atoms. The molecule has 1 heterocycles. The molecule has 2 rings (SSSR count). The largest absolute Gasteiger partial charge is 0.480 e. The molecule has 0 spiro atoms. The number of carboxylic acid groups (broad SMARTS) is 1. The molecule has 0 aliphatic heterocycles. The van der Waals surface area contributed by atoms with Crippen molar-refractivity contribution in [2.24, 2.45) is 22.2 Å². The van der Waals surface area contributed by atoms with Crippen LogP contribution >= 0.6 is 0 Å². The van der Waals surface area contributed by atoms with Crippen molar-refractivity contribution in [2.45, 2.75) is 69.5 Å². The minimum atomic E-state index is -1.64. The van der Waals surface area contributed by atoms with Gasteiger partial charge in [-0.3, -0.25) is 19.4 Å². The van der Waals surface area contributed by atoms with Gasteiger partial charge in [-0.1, -0.05) is 18.2 Å². The lowest BCUT2D eigenvalue weighted by molar-refractivity contribution is -0.145. The fourth-order valence-electron chi connectivity index (χ4n) is 3.97. The number of aliphatic hydroxyl groups excluding tert-OH is 2. The number of aliphatic carboxylic acids is 1. The summed E-state index contributed by atoms with van der Waals surface area (Å²) < 4.78 is 0. The summed E-state index contributed by atoms with van der Waals surface area (Å²) in [6.07, 6.45) is -0.734. The molecule has 0 radical (unpaired) electrons. The van der Waals surface area contributed by atoms with Gasteiger partial charge in [-0.2, -0.15) is 0 Å². The van der Waals surface area contributed by atoms with E-state index in [2.05, 4.69) is 25.9 Å². The van der Waals surface area contributed by atoms with Crippen molar-refractivity contribution >= 4 is 40.6 Å². The molecule has 13 N–H and O–H groups in total. The Bertz CT molecular complexity index is 1210. The second-order valence-electron chi connectivity index (χ2n) is 9.47. The highest BCUT2D eigenvalue weighted by Gasteiger charge is 2.33. The summed E-state index contributed by atoms with van der Waals surface area (Å²) in [4.78, 5) is 57.2. The van der Waals surface area contributed by atoms with E-state index in [9.17, 15) is 34.5 Å². The molecule has 220 valence electrons. The first kappa shape index (κ1) is 32.0. The van der Waals surface area contributed by atoms with Crippen molar-refractivity contribution in [3.63, 3.8) is 0 Å². The standard InChI is InChI=1S/C25H38N8O7/c1-12(34)19(32-21(36)16(26)10-14-11-30-17-7-4-3-6-15(14)17)23(38)31-18(8-5-9-29-25(27)28)22(37)33-20(13(2)35)24(39)40/h3-4,6-7,11-13,16,18-20,30,34-35H,5,8-10,26H2,1-2H3,(H,31,38)(H,32,36)(H,33,37)(H,39,40)(H4,27,28,29). The van der Waals surface area contributed by atoms with Crippen LogP contribution in [-0.2, 0) is 25.6 Å². The number of amides is 3. The molecule has 0 bridgehead atoms. The smallest absolute Gasteiger partial charge is 0.328 e. The number of guanidine groups is 1. The van der Waals surface area contributed by atoms with Gasteiger partial charge in [0.2, 0.25) is 17.7 Å². The molecule has 1 aromatic carbocycles. The van der Waals surface area contributed by atoms with Crippen molar-refractivity contribution in [3.8, 4) is 0 Å². The van der Waals surface area contributed by atoms with Crippen molar-refractivity contribution in [3.05, 3.63) is 36.0 Å². The summed E-state index contributed by atoms with van der Waals surface area (Å²) in [7, 11) is 0. The van der Waals surface area contributed by atoms with E-state index in [0.29, 0.717) is 0 Å². The van der Waals surface area contributed by atoms with Gasteiger partial charge < -0.3 is 53.5 Å². The number of fused-ring (bicyclic) bond motifs is 1. The molecule has 2 aromatic rings. The predicted molar refractivity (Wildman–Crippen MR) is 147 cm³/mol. The van der Waals surface area contributed by atoms with Crippen LogP contribution in [0.1, 0.15) is 32.3 Å². The number of aromatic nitrogens is 1. The topological polar surface area (TPSA) is 271 Å². The third-order valence-electron chi connectivity index (χ3n) is 6.14. The van der Waals surface area contributed by atoms with Gasteiger partial charge >= 0.3 is 5.97 Å². The van der Waals surface area contributed by atoms with Gasteiger partial charge in [-0.15, -0.1) is 0 Å². The first-order chi connectivity index (χ1) is 18.8. The Morgan fingerprint density at radius 2 is 1.57 bits per heavy atom. The molecule has 1 aromatic heterocycles. The van der Waals surface area contributed by atoms with Crippen LogP contribution in [0.2, 0.25) is 0 Å². The highest BCUT2D eigenvalue weighted by molar-refractivity contribution is 5.94. The highest BCUT2D eigenvalue weighted by atomic mass is 16.4. The zero-order valence-corrected chi connectivity index (χ0v) is 22.3. The molecule has 15 nitrogen and oxygen atoms in total. The van der Waals surface area contributed by atoms with E-state index < -0.39 is 60.1 Å². The van der Waals surface area contributed by atoms with Crippen LogP contribution in [0, 0.1) is 0 Å². The second-order valence-corrected chi connectivity index (χ2v) is 9.47. The molecule has 15 heteroatoms. The number of benzene rings is 1. The third-order valence-corrected chi connectivity index (χ3v) is 6.14. The van der Waals surface area contributed by atoms with E-state index >= 15 is 0 Å². The summed E-state index contributed by atoms with van der Waals surface area (Å²) >= 11 is 0. The monoisotopic (exact) mass is 562 g/mol. The Morgan fingerprint density at radius 1 is 0.950 bits per heavy atom. The fourth-order valence-corrected chi connectivity index (χ4v) is 3.97. The van der Waals surface area contributed by atoms with E-state index in [1.165, 1.54) is 13.8 Å². The van der Waals surface area contributed by atoms with Gasteiger partial charge in [0.1, 0.15) is 12.1 Å². The average Bonchev–Trinajstić information content (AvgIpc) is 3.28. The predicted octanol–water partition coefficient (Wildman–Crippen LogP) is -2.61. The third kappa shape index (κ3) is 9.21. The molecule has 6 unspecified atom stereocenters. The number of aliphatic hydroxyl groups is 2. The maximum atomic E-state index is 13.1. The maximum Gasteiger partial charge on any atom is 0.328 e. The molecule has 0 aliphatic rings. The number of rotatable bonds is 15. The van der Waals surface area contributed by atoms with Crippen molar-refractivity contribution < 1.29 is 34.5 Å². The Morgan fingerprint density at radius 3 is 2.17 bits per heavy atom. The van der Waals surface area contributed by atoms with Gasteiger partial charge in [-0.25, -0.2) is 4.79 Å². The minimum Gasteiger partial charge on any atom is -0.480 e. The molecule has 3 amide bonds. The number of aromatic amines is 1. The molecule has 0 aliphatic carbocycles. The zero-order chi connectivity index (χ0) is 30.0. The molecule has 0 fully saturated rings. The average molecular weight is 563 g/mol. The summed E-state index contributed by atoms with van der Waals surface area (Å²) in [5, 5.41) is 37.2. The minimum absolute atomic E-state index is 0.0267. The number of carbonyl (C=O) groups excluding carboxylic acids is 3. The molecular formula is C25H38N8O7. The maximum absolute atomic E-state index is 13.1. The highest BCUT2D eigenvalue weighted by Crippen LogP contribution is 2.18. The number of nitrogens with two attached hydrogens (primary N) is 3. The lowest BCUT2D eigenvalue weighted by Gasteiger charge is -2.27. The van der Waals surface area contributed by atoms with Crippen molar-refractivity contribution in [1.29, 1.82) is 0 Å². The first-order valence-electron chi connectivity index (χ1n) is 12.7. The summed E-state index contributed by atoms with van der Waals surface area (Å²) in [6.45, 7) is 2.57. The van der Waals surface area contributed by atoms with E-state index in [1.807, 2.05) is 24.3 Å². The number of hydrogen-bond acceptors (Lipinski definition) is 8. The van der Waals surface area contributed by atoms with Crippen LogP contribution in [0.4, 0.5) is 0 Å². The Labute approximate surface area is 230 Å². The van der Waals surface area contributed by atoms with E-state index in [1.54, 1.807) is 6.20 Å². The van der Waals surface area contributed by atoms with Crippen LogP contribution in [0.25, 0.3) is 10.9 Å². The number of carboxylic acids is 1. The van der Waals surface area contributed by atoms with E-state index in [4.69, 9.17) is 17.2 Å². The number of carbonyl (C=O) groups is 4. The molecular weight excluding hydrogens is 524 g/mol. The van der Waals surface area contributed by atoms with Crippen molar-refractivity contribution in [2.75, 3.05) is 6.54 Å². The lowest BCUT2D eigenvalue weighted by atomic mass is 10.0. The number of nitrogens with zero attached hydrogens (tertiary/aromatic N) is 1. The van der Waals surface area contributed by atoms with Gasteiger partial charge in [0, 0.05) is 23.6 Å². The Balaban J connectivity index is 2.13. The van der Waals surface area contributed by atoms with Crippen molar-refractivity contribution in [1.82, 2.24) is 20.9 Å². The number of hydrogen-bond donors (Lipinski definition) is 10. The number of aliphatic imine (C=N–C) groups is 1. The lowest BCUT2D eigenvalue weighted by Crippen LogP contribution is -2.60. The Kier molecular flexibility index (Phi) is 11.8. The summed E-state index contributed by atoms with van der Waals surface area (Å²) in [5.74, 6) is -4.18. The Hall–Kier alpha value is -4.21. The quantitative estimate of drug-likeness (QED) is 0.0613. The van der Waals surface area contributed by atoms with Gasteiger partial charge in [0.25, 0.3) is 0 Å². The van der Waals surface area contributed by atoms with E-state index in [-0.39, 0.29) is 31.8 Å². The summed E-state index contributed by atoms with van der Waals surface area (Å²) in [6, 6.07) is 1.98. The number of H-pyrrole nitrogens is 1. The van der Waals surface area contributed by atoms with Crippen LogP contribution in [0.15, 0.2) is 35.5 Å². The molecule has 6 atom stereocenters. The molecule has 0 saturated heterocycles. The van der Waals surface area contributed by atoms with Crippen LogP contribution in [0.3, 0.4) is 0 Å². The van der Waals surface area contributed by atoms with Gasteiger partial charge in [0.05, 0.1) is 18.2 Å². The van der Waals surface area contributed by atoms with Gasteiger partial charge in [0.15, 0.2) is 12.0 Å². The summed E-state index contributed by atoms with van der Waals surface area (Å²) in [5.41, 5.74) is 18.4. The van der Waals surface area contributed by atoms with Crippen LogP contribution < -0.4 is 33.2 Å². The first-order valence-corrected chi connectivity index (χ1v) is 12.7. The zero-order valence-electron chi connectivity index (χ0n) is 22.3. The SMILES string of the molecule is CC(O)C(NC(=O)C(CCCN=C(N)N)NC(=O)C(NC(=O)C(N)Cc1c[nH]c2ccccc12)C(C)O)C(=O)O. The second kappa shape index (κ2) is 14.8. The normalized spacial score (nSPS) is 15.6. The van der Waals surface area contributed by atoms with E-state index in [0.717, 1.165) is 16.5 Å². The van der Waals surface area contributed by atoms with Gasteiger partial charge in [-0.05, 0) is 44.7 Å². The van der Waals surface area contributed by atoms with Crippen LogP contribution in [0.5, 0.6) is 0 Å². The molecule has 0 saturated carbocycles. The number of para-hydroxylation sites is 1.